The highest BCUT2D eigenvalue weighted by Crippen LogP contribution is 2.36. The summed E-state index contributed by atoms with van der Waals surface area (Å²) < 4.78 is 0. The molecular formula is C23H32ClN9O2. The Labute approximate surface area is 209 Å². The van der Waals surface area contributed by atoms with Crippen LogP contribution in [0.1, 0.15) is 42.2 Å². The standard InChI is InChI=1S/C23H32ClN9O2/c1-2-28-22(35)33-12-10-23(11-13-33,9-8-15-6-4-3-5-7-15)14-29-21(27)32-20(34)16-18(25)31-19(26)17(24)30-16/h3-7H,2,8-14H2,1H3,(H,28,35)(H4,25,26,31)(H3,27,29,32,34). The molecule has 1 saturated heterocycles. The van der Waals surface area contributed by atoms with Crippen LogP contribution in [0.2, 0.25) is 5.15 Å². The maximum absolute atomic E-state index is 12.6. The molecule has 0 bridgehead atoms. The third-order valence-corrected chi connectivity index (χ3v) is 6.45. The van der Waals surface area contributed by atoms with Crippen molar-refractivity contribution in [3.05, 3.63) is 46.7 Å². The summed E-state index contributed by atoms with van der Waals surface area (Å²) >= 11 is 5.86. The monoisotopic (exact) mass is 501 g/mol. The highest BCUT2D eigenvalue weighted by Gasteiger charge is 2.35. The molecule has 2 aromatic rings. The van der Waals surface area contributed by atoms with Crippen molar-refractivity contribution in [2.75, 3.05) is 37.6 Å². The minimum Gasteiger partial charge on any atom is -0.382 e. The lowest BCUT2D eigenvalue weighted by Gasteiger charge is -2.41. The number of aliphatic imine (C=N–C) groups is 1. The van der Waals surface area contributed by atoms with E-state index in [1.165, 1.54) is 5.56 Å². The van der Waals surface area contributed by atoms with Crippen molar-refractivity contribution >= 4 is 41.1 Å². The van der Waals surface area contributed by atoms with E-state index in [0.29, 0.717) is 26.2 Å². The number of nitrogen functional groups attached to an aromatic ring is 2. The molecule has 3 amide bonds. The van der Waals surface area contributed by atoms with Gasteiger partial charge >= 0.3 is 6.03 Å². The number of hydrogen-bond donors (Lipinski definition) is 5. The average molecular weight is 502 g/mol. The Morgan fingerprint density at radius 2 is 1.83 bits per heavy atom. The Hall–Kier alpha value is -3.60. The molecule has 0 radical (unpaired) electrons. The Balaban J connectivity index is 1.70. The van der Waals surface area contributed by atoms with E-state index in [1.807, 2.05) is 30.0 Å². The first-order valence-electron chi connectivity index (χ1n) is 11.5. The summed E-state index contributed by atoms with van der Waals surface area (Å²) in [5, 5.41) is 5.22. The zero-order valence-corrected chi connectivity index (χ0v) is 20.5. The second-order valence-corrected chi connectivity index (χ2v) is 8.96. The van der Waals surface area contributed by atoms with Crippen molar-refractivity contribution in [3.63, 3.8) is 0 Å². The number of aryl methyl sites for hydroxylation is 1. The Bertz CT molecular complexity index is 1070. The summed E-state index contributed by atoms with van der Waals surface area (Å²) in [7, 11) is 0. The highest BCUT2D eigenvalue weighted by atomic mass is 35.5. The van der Waals surface area contributed by atoms with Crippen LogP contribution in [0.15, 0.2) is 35.3 Å². The molecule has 1 aromatic carbocycles. The first-order chi connectivity index (χ1) is 16.7. The van der Waals surface area contributed by atoms with Gasteiger partial charge in [0.25, 0.3) is 5.91 Å². The van der Waals surface area contributed by atoms with Crippen LogP contribution in [0.4, 0.5) is 16.4 Å². The Kier molecular flexibility index (Phi) is 8.69. The van der Waals surface area contributed by atoms with Crippen molar-refractivity contribution in [2.24, 2.45) is 16.1 Å². The van der Waals surface area contributed by atoms with E-state index < -0.39 is 5.91 Å². The SMILES string of the molecule is CCNC(=O)N1CCC(CCc2ccccc2)(CN=C(N)NC(=O)c2nc(Cl)c(N)nc2N)CC1. The molecule has 11 nitrogen and oxygen atoms in total. The lowest BCUT2D eigenvalue weighted by Crippen LogP contribution is -2.48. The normalized spacial score (nSPS) is 15.5. The molecule has 2 heterocycles. The van der Waals surface area contributed by atoms with Crippen LogP contribution in [-0.2, 0) is 6.42 Å². The number of aromatic nitrogens is 2. The summed E-state index contributed by atoms with van der Waals surface area (Å²) in [5.41, 5.74) is 18.2. The summed E-state index contributed by atoms with van der Waals surface area (Å²) in [4.78, 5) is 38.8. The number of nitrogens with two attached hydrogens (primary N) is 3. The van der Waals surface area contributed by atoms with E-state index in [1.54, 1.807) is 0 Å². The number of hydrogen-bond acceptors (Lipinski definition) is 7. The van der Waals surface area contributed by atoms with Crippen molar-refractivity contribution in [3.8, 4) is 0 Å². The van der Waals surface area contributed by atoms with Gasteiger partial charge in [0.1, 0.15) is 0 Å². The van der Waals surface area contributed by atoms with Gasteiger partial charge in [-0.25, -0.2) is 14.8 Å². The fourth-order valence-electron chi connectivity index (χ4n) is 4.07. The lowest BCUT2D eigenvalue weighted by molar-refractivity contribution is 0.0970. The van der Waals surface area contributed by atoms with Crippen molar-refractivity contribution in [1.29, 1.82) is 0 Å². The third-order valence-electron chi connectivity index (χ3n) is 6.17. The molecule has 3 rings (SSSR count). The maximum atomic E-state index is 12.6. The molecule has 8 N–H and O–H groups in total. The van der Waals surface area contributed by atoms with Crippen LogP contribution in [0.3, 0.4) is 0 Å². The molecule has 188 valence electrons. The van der Waals surface area contributed by atoms with Gasteiger partial charge in [0, 0.05) is 26.2 Å². The maximum Gasteiger partial charge on any atom is 0.317 e. The minimum absolute atomic E-state index is 0.0553. The molecule has 0 unspecified atom stereocenters. The molecule has 1 aliphatic heterocycles. The second-order valence-electron chi connectivity index (χ2n) is 8.60. The van der Waals surface area contributed by atoms with E-state index >= 15 is 0 Å². The molecule has 0 aliphatic carbocycles. The van der Waals surface area contributed by atoms with E-state index in [9.17, 15) is 9.59 Å². The first-order valence-corrected chi connectivity index (χ1v) is 11.9. The van der Waals surface area contributed by atoms with Gasteiger partial charge < -0.3 is 27.4 Å². The van der Waals surface area contributed by atoms with Gasteiger partial charge in [-0.1, -0.05) is 41.9 Å². The second kappa shape index (κ2) is 11.7. The number of urea groups is 1. The largest absolute Gasteiger partial charge is 0.382 e. The number of halogens is 1. The first kappa shape index (κ1) is 26.0. The average Bonchev–Trinajstić information content (AvgIpc) is 2.85. The number of nitrogens with one attached hydrogen (secondary N) is 2. The Morgan fingerprint density at radius 3 is 2.49 bits per heavy atom. The molecular weight excluding hydrogens is 470 g/mol. The summed E-state index contributed by atoms with van der Waals surface area (Å²) in [6.45, 7) is 4.13. The van der Waals surface area contributed by atoms with Crippen molar-refractivity contribution in [2.45, 2.75) is 32.6 Å². The number of piperidine rings is 1. The third kappa shape index (κ3) is 6.95. The molecule has 1 fully saturated rings. The van der Waals surface area contributed by atoms with Gasteiger partial charge in [-0.2, -0.15) is 0 Å². The van der Waals surface area contributed by atoms with E-state index in [0.717, 1.165) is 25.7 Å². The van der Waals surface area contributed by atoms with Gasteiger partial charge in [0.05, 0.1) is 0 Å². The smallest absolute Gasteiger partial charge is 0.317 e. The molecule has 0 spiro atoms. The number of carbonyl (C=O) groups is 2. The Morgan fingerprint density at radius 1 is 1.14 bits per heavy atom. The predicted molar refractivity (Wildman–Crippen MR) is 137 cm³/mol. The lowest BCUT2D eigenvalue weighted by atomic mass is 9.74. The summed E-state index contributed by atoms with van der Waals surface area (Å²) in [6.07, 6.45) is 3.29. The van der Waals surface area contributed by atoms with Crippen LogP contribution in [0, 0.1) is 5.41 Å². The topological polar surface area (TPSA) is 178 Å². The van der Waals surface area contributed by atoms with Crippen LogP contribution < -0.4 is 27.8 Å². The van der Waals surface area contributed by atoms with E-state index in [-0.39, 0.29) is 39.9 Å². The summed E-state index contributed by atoms with van der Waals surface area (Å²) in [5.74, 6) is -0.965. The fraction of sp³-hybridized carbons (Fsp3) is 0.435. The molecule has 1 aromatic heterocycles. The summed E-state index contributed by atoms with van der Waals surface area (Å²) in [6, 6.07) is 10.2. The molecule has 0 atom stereocenters. The zero-order valence-electron chi connectivity index (χ0n) is 19.8. The van der Waals surface area contributed by atoms with E-state index in [2.05, 4.69) is 37.7 Å². The van der Waals surface area contributed by atoms with Gasteiger partial charge in [0.15, 0.2) is 28.4 Å². The van der Waals surface area contributed by atoms with Crippen LogP contribution >= 0.6 is 11.6 Å². The minimum atomic E-state index is -0.678. The van der Waals surface area contributed by atoms with Gasteiger partial charge in [-0.15, -0.1) is 0 Å². The number of nitrogens with zero attached hydrogens (tertiary/aromatic N) is 4. The zero-order chi connectivity index (χ0) is 25.4. The number of likely N-dealkylation sites (tertiary alicyclic amines) is 1. The predicted octanol–water partition coefficient (Wildman–Crippen LogP) is 1.78. The van der Waals surface area contributed by atoms with Crippen LogP contribution in [0.25, 0.3) is 0 Å². The van der Waals surface area contributed by atoms with Crippen molar-refractivity contribution < 1.29 is 9.59 Å². The number of rotatable bonds is 7. The van der Waals surface area contributed by atoms with Gasteiger partial charge in [-0.05, 0) is 43.6 Å². The van der Waals surface area contributed by atoms with E-state index in [4.69, 9.17) is 28.8 Å². The van der Waals surface area contributed by atoms with Crippen molar-refractivity contribution in [1.82, 2.24) is 25.5 Å². The number of anilines is 2. The fourth-order valence-corrected chi connectivity index (χ4v) is 4.19. The molecule has 35 heavy (non-hydrogen) atoms. The number of carbonyl (C=O) groups excluding carboxylic acids is 2. The highest BCUT2D eigenvalue weighted by molar-refractivity contribution is 6.31. The molecule has 12 heteroatoms. The van der Waals surface area contributed by atoms with Crippen LogP contribution in [-0.4, -0.2) is 58.9 Å². The molecule has 0 saturated carbocycles. The number of benzene rings is 1. The molecule has 1 aliphatic rings. The van der Waals surface area contributed by atoms with Crippen LogP contribution in [0.5, 0.6) is 0 Å². The number of guanidine groups is 1. The van der Waals surface area contributed by atoms with Gasteiger partial charge in [-0.3, -0.25) is 15.1 Å². The number of amides is 3. The quantitative estimate of drug-likeness (QED) is 0.283. The van der Waals surface area contributed by atoms with Gasteiger partial charge in [0.2, 0.25) is 0 Å².